The summed E-state index contributed by atoms with van der Waals surface area (Å²) in [6.45, 7) is 12.9. The molecule has 0 amide bonds. The molecule has 1 unspecified atom stereocenters. The lowest BCUT2D eigenvalue weighted by atomic mass is 9.77. The van der Waals surface area contributed by atoms with Gasteiger partial charge in [0.2, 0.25) is 0 Å². The SMILES string of the molecule is C[B]CN\C(C)=C(/C(=C/C=C\C)c1ccc(-c2ccccc2C)c(C2=CC3=C(CCCC3)CC2N=C/C=C(\C=C/C)c2ccccc2)c1)c1ccccc1C. The molecule has 2 aliphatic rings. The number of hydrogen-bond acceptors (Lipinski definition) is 2. The summed E-state index contributed by atoms with van der Waals surface area (Å²) in [4.78, 5) is 5.43. The van der Waals surface area contributed by atoms with Crippen molar-refractivity contribution in [2.75, 3.05) is 6.44 Å². The summed E-state index contributed by atoms with van der Waals surface area (Å²) in [5, 5.41) is 3.71. The van der Waals surface area contributed by atoms with Gasteiger partial charge in [-0.15, -0.1) is 0 Å². The molecule has 4 aromatic carbocycles. The van der Waals surface area contributed by atoms with Crippen LogP contribution in [0.2, 0.25) is 6.82 Å². The summed E-state index contributed by atoms with van der Waals surface area (Å²) in [5.41, 5.74) is 19.1. The van der Waals surface area contributed by atoms with Crippen LogP contribution in [0.25, 0.3) is 33.4 Å². The van der Waals surface area contributed by atoms with Gasteiger partial charge in [0.25, 0.3) is 0 Å². The van der Waals surface area contributed by atoms with Crippen molar-refractivity contribution in [1.29, 1.82) is 0 Å². The monoisotopic (exact) mass is 719 g/mol. The lowest BCUT2D eigenvalue weighted by Crippen LogP contribution is -2.19. The Morgan fingerprint density at radius 1 is 0.782 bits per heavy atom. The van der Waals surface area contributed by atoms with Crippen molar-refractivity contribution in [3.05, 3.63) is 190 Å². The Morgan fingerprint density at radius 3 is 2.27 bits per heavy atom. The first-order chi connectivity index (χ1) is 26.9. The highest BCUT2D eigenvalue weighted by Crippen LogP contribution is 2.44. The molecule has 2 aliphatic carbocycles. The fourth-order valence-corrected chi connectivity index (χ4v) is 8.02. The van der Waals surface area contributed by atoms with Gasteiger partial charge in [-0.1, -0.05) is 140 Å². The topological polar surface area (TPSA) is 24.4 Å². The van der Waals surface area contributed by atoms with Crippen LogP contribution in [0.3, 0.4) is 0 Å². The van der Waals surface area contributed by atoms with Crippen molar-refractivity contribution >= 4 is 35.8 Å². The van der Waals surface area contributed by atoms with Gasteiger partial charge in [0.1, 0.15) is 7.28 Å². The van der Waals surface area contributed by atoms with Crippen LogP contribution in [0.1, 0.15) is 86.3 Å². The Morgan fingerprint density at radius 2 is 1.53 bits per heavy atom. The molecule has 0 saturated heterocycles. The highest BCUT2D eigenvalue weighted by Gasteiger charge is 2.28. The van der Waals surface area contributed by atoms with E-state index < -0.39 is 0 Å². The number of aliphatic imine (C=N–C) groups is 1. The third-order valence-corrected chi connectivity index (χ3v) is 10.9. The van der Waals surface area contributed by atoms with Crippen molar-refractivity contribution < 1.29 is 0 Å². The molecule has 0 fully saturated rings. The maximum Gasteiger partial charge on any atom is 0.132 e. The van der Waals surface area contributed by atoms with Crippen molar-refractivity contribution in [2.24, 2.45) is 4.99 Å². The maximum absolute atomic E-state index is 5.43. The Hall–Kier alpha value is -5.41. The second-order valence-electron chi connectivity index (χ2n) is 14.7. The molecule has 0 aliphatic heterocycles. The van der Waals surface area contributed by atoms with Crippen LogP contribution in [0.4, 0.5) is 0 Å². The van der Waals surface area contributed by atoms with Gasteiger partial charge >= 0.3 is 0 Å². The summed E-state index contributed by atoms with van der Waals surface area (Å²) in [5.74, 6) is 0. The number of allylic oxidation sites excluding steroid dienone is 12. The van der Waals surface area contributed by atoms with E-state index in [4.69, 9.17) is 4.99 Å². The molecule has 1 N–H and O–H groups in total. The standard InChI is InChI=1S/C52H56BN2/c1-7-9-26-47(52(39(5)55-36-53-6)46-28-18-14-21-38(46)4)44-29-30-48(45-27-17-13-20-37(45)3)49(34-44)50-33-42-24-15-16-25-43(42)35-51(50)54-32-31-40(19-8-2)41-22-11-10-12-23-41/h7-14,17-23,26-34,51,55H,15-16,24-25,35-36H2,1-6H3/b9-7-,19-8-,40-31+,47-26+,52-39-,54-32?. The van der Waals surface area contributed by atoms with Gasteiger partial charge in [0.05, 0.1) is 6.04 Å². The van der Waals surface area contributed by atoms with E-state index >= 15 is 0 Å². The predicted octanol–water partition coefficient (Wildman–Crippen LogP) is 13.4. The van der Waals surface area contributed by atoms with Crippen LogP contribution < -0.4 is 5.32 Å². The maximum atomic E-state index is 5.43. The van der Waals surface area contributed by atoms with Gasteiger partial charge in [-0.3, -0.25) is 4.99 Å². The first-order valence-electron chi connectivity index (χ1n) is 20.1. The van der Waals surface area contributed by atoms with E-state index in [2.05, 4.69) is 200 Å². The fraction of sp³-hybridized carbons (Fsp3) is 0.250. The fourth-order valence-electron chi connectivity index (χ4n) is 8.02. The zero-order chi connectivity index (χ0) is 38.6. The van der Waals surface area contributed by atoms with E-state index in [1.54, 1.807) is 5.57 Å². The van der Waals surface area contributed by atoms with E-state index in [0.717, 1.165) is 30.6 Å². The second-order valence-corrected chi connectivity index (χ2v) is 14.7. The van der Waals surface area contributed by atoms with Crippen molar-refractivity contribution in [3.63, 3.8) is 0 Å². The Bertz CT molecular complexity index is 2220. The molecule has 1 radical (unpaired) electrons. The van der Waals surface area contributed by atoms with Gasteiger partial charge in [-0.2, -0.15) is 0 Å². The molecule has 1 atom stereocenters. The molecule has 277 valence electrons. The molecule has 0 spiro atoms. The first-order valence-corrected chi connectivity index (χ1v) is 20.1. The molecule has 0 saturated carbocycles. The lowest BCUT2D eigenvalue weighted by Gasteiger charge is -2.30. The van der Waals surface area contributed by atoms with Gasteiger partial charge in [-0.05, 0) is 152 Å². The minimum Gasteiger partial charge on any atom is -0.396 e. The summed E-state index contributed by atoms with van der Waals surface area (Å²) < 4.78 is 0. The highest BCUT2D eigenvalue weighted by atomic mass is 14.8. The van der Waals surface area contributed by atoms with Crippen molar-refractivity contribution in [1.82, 2.24) is 5.32 Å². The Balaban J connectivity index is 1.58. The molecule has 4 aromatic rings. The number of rotatable bonds is 13. The molecule has 0 bridgehead atoms. The first kappa shape index (κ1) is 39.3. The summed E-state index contributed by atoms with van der Waals surface area (Å²) in [6.07, 6.45) is 24.2. The van der Waals surface area contributed by atoms with E-state index in [9.17, 15) is 0 Å². The van der Waals surface area contributed by atoms with Gasteiger partial charge in [0, 0.05) is 17.5 Å². The van der Waals surface area contributed by atoms with E-state index in [1.165, 1.54) is 86.1 Å². The van der Waals surface area contributed by atoms with Crippen LogP contribution in [0, 0.1) is 13.8 Å². The Labute approximate surface area is 331 Å². The minimum atomic E-state index is 0.00610. The average Bonchev–Trinajstić information content (AvgIpc) is 3.21. The largest absolute Gasteiger partial charge is 0.396 e. The van der Waals surface area contributed by atoms with Crippen LogP contribution in [-0.2, 0) is 0 Å². The Kier molecular flexibility index (Phi) is 13.8. The van der Waals surface area contributed by atoms with Gasteiger partial charge < -0.3 is 5.32 Å². The zero-order valence-corrected chi connectivity index (χ0v) is 33.7. The van der Waals surface area contributed by atoms with Crippen LogP contribution in [0.5, 0.6) is 0 Å². The molecule has 3 heteroatoms. The number of hydrogen-bond donors (Lipinski definition) is 1. The second kappa shape index (κ2) is 19.3. The van der Waals surface area contributed by atoms with E-state index in [1.807, 2.05) is 0 Å². The highest BCUT2D eigenvalue weighted by molar-refractivity contribution is 6.33. The van der Waals surface area contributed by atoms with E-state index in [0.29, 0.717) is 0 Å². The summed E-state index contributed by atoms with van der Waals surface area (Å²) >= 11 is 0. The number of aryl methyl sites for hydroxylation is 2. The molecule has 0 aromatic heterocycles. The normalized spacial score (nSPS) is 17.1. The lowest BCUT2D eigenvalue weighted by molar-refractivity contribution is 0.634. The van der Waals surface area contributed by atoms with Crippen LogP contribution in [-0.4, -0.2) is 26.0 Å². The number of nitrogens with zero attached hydrogens (tertiary/aromatic N) is 1. The quantitative estimate of drug-likeness (QED) is 0.0830. The zero-order valence-electron chi connectivity index (χ0n) is 33.7. The average molecular weight is 720 g/mol. The van der Waals surface area contributed by atoms with Crippen LogP contribution >= 0.6 is 0 Å². The third-order valence-electron chi connectivity index (χ3n) is 10.9. The van der Waals surface area contributed by atoms with Crippen molar-refractivity contribution in [3.8, 4) is 11.1 Å². The molecular weight excluding hydrogens is 663 g/mol. The predicted molar refractivity (Wildman–Crippen MR) is 242 cm³/mol. The number of nitrogens with one attached hydrogen (secondary N) is 1. The van der Waals surface area contributed by atoms with Crippen LogP contribution in [0.15, 0.2) is 161 Å². The molecule has 2 nitrogen and oxygen atoms in total. The summed E-state index contributed by atoms with van der Waals surface area (Å²) in [7, 11) is 2.17. The molecule has 6 rings (SSSR count). The van der Waals surface area contributed by atoms with Crippen molar-refractivity contribution in [2.45, 2.75) is 79.6 Å². The smallest absolute Gasteiger partial charge is 0.132 e. The van der Waals surface area contributed by atoms with Gasteiger partial charge in [-0.25, -0.2) is 0 Å². The van der Waals surface area contributed by atoms with E-state index in [-0.39, 0.29) is 6.04 Å². The molecular formula is C52H56BN2. The van der Waals surface area contributed by atoms with Gasteiger partial charge in [0.15, 0.2) is 0 Å². The molecule has 0 heterocycles. The summed E-state index contributed by atoms with van der Waals surface area (Å²) in [6, 6.07) is 35.3. The number of benzene rings is 4. The molecule has 55 heavy (non-hydrogen) atoms. The minimum absolute atomic E-state index is 0.00610. The third kappa shape index (κ3) is 9.46.